The molecular weight excluding hydrogens is 572 g/mol. The minimum Gasteiger partial charge on any atom is -0.444 e. The van der Waals surface area contributed by atoms with Crippen molar-refractivity contribution >= 4 is 48.4 Å². The Bertz CT molecular complexity index is 1210. The first-order valence-electron chi connectivity index (χ1n) is 11.8. The number of rotatable bonds is 4. The zero-order valence-electron chi connectivity index (χ0n) is 20.0. The van der Waals surface area contributed by atoms with Gasteiger partial charge in [-0.25, -0.2) is 9.80 Å². The first kappa shape index (κ1) is 24.3. The third kappa shape index (κ3) is 4.83. The molecule has 0 aromatic heterocycles. The lowest BCUT2D eigenvalue weighted by atomic mass is 9.71. The van der Waals surface area contributed by atoms with Gasteiger partial charge in [0.15, 0.2) is 5.84 Å². The van der Waals surface area contributed by atoms with Crippen LogP contribution in [0, 0.1) is 0 Å². The number of amides is 1. The van der Waals surface area contributed by atoms with E-state index in [0.717, 1.165) is 50.9 Å². The highest BCUT2D eigenvalue weighted by Gasteiger charge is 2.43. The highest BCUT2D eigenvalue weighted by molar-refractivity contribution is 9.18. The summed E-state index contributed by atoms with van der Waals surface area (Å²) in [6.07, 6.45) is 4.43. The number of ether oxygens (including phenoxy) is 1. The number of allylic oxidation sites excluding steroid dienone is 1. The minimum absolute atomic E-state index is 0.0663. The number of halogens is 2. The number of nitrogens with zero attached hydrogens (tertiary/aromatic N) is 3. The van der Waals surface area contributed by atoms with Gasteiger partial charge in [-0.2, -0.15) is 5.10 Å². The molecule has 182 valence electrons. The summed E-state index contributed by atoms with van der Waals surface area (Å²) in [6.45, 7) is 5.64. The Balaban J connectivity index is 1.45. The topological polar surface area (TPSA) is 66.3 Å². The summed E-state index contributed by atoms with van der Waals surface area (Å²) in [4.78, 5) is 17.6. The normalized spacial score (nSPS) is 22.9. The van der Waals surface area contributed by atoms with Gasteiger partial charge in [-0.3, -0.25) is 4.99 Å². The summed E-state index contributed by atoms with van der Waals surface area (Å²) < 4.78 is 7.18. The number of carbonyl (C=O) groups is 1. The van der Waals surface area contributed by atoms with Crippen LogP contribution in [0.2, 0.25) is 0 Å². The van der Waals surface area contributed by atoms with E-state index in [0.29, 0.717) is 0 Å². The molecule has 0 bridgehead atoms. The molecule has 0 saturated heterocycles. The van der Waals surface area contributed by atoms with Gasteiger partial charge in [-0.15, -0.1) is 0 Å². The third-order valence-corrected chi connectivity index (χ3v) is 7.57. The van der Waals surface area contributed by atoms with Crippen LogP contribution < -0.4 is 5.32 Å². The lowest BCUT2D eigenvalue weighted by Crippen LogP contribution is -2.52. The molecule has 2 unspecified atom stereocenters. The van der Waals surface area contributed by atoms with Gasteiger partial charge < -0.3 is 10.1 Å². The summed E-state index contributed by atoms with van der Waals surface area (Å²) in [7, 11) is 0. The molecule has 2 aromatic rings. The van der Waals surface area contributed by atoms with Gasteiger partial charge in [-0.05, 0) is 94.7 Å². The number of hydrogen-bond acceptors (Lipinski definition) is 5. The van der Waals surface area contributed by atoms with Crippen molar-refractivity contribution in [3.8, 4) is 0 Å². The van der Waals surface area contributed by atoms with Crippen LogP contribution in [-0.4, -0.2) is 27.2 Å². The second kappa shape index (κ2) is 9.21. The number of amidine groups is 1. The minimum atomic E-state index is -0.528. The SMILES string of the molecule is CC(C)(C)OC(=O)NC1(c2ccc(C3N=C4C(Br)=CC(Br)=NN4C3c3ccccc3)cc2)CCC1. The fraction of sp³-hybridized carbons (Fsp3) is 0.370. The number of carbonyl (C=O) groups excluding carboxylic acids is 1. The molecule has 3 aliphatic rings. The molecule has 2 aromatic carbocycles. The Labute approximate surface area is 222 Å². The summed E-state index contributed by atoms with van der Waals surface area (Å²) in [5.41, 5.74) is 2.44. The summed E-state index contributed by atoms with van der Waals surface area (Å²) in [6, 6.07) is 18.7. The van der Waals surface area contributed by atoms with Crippen LogP contribution in [0.25, 0.3) is 0 Å². The average Bonchev–Trinajstić information content (AvgIpc) is 3.15. The van der Waals surface area contributed by atoms with E-state index in [-0.39, 0.29) is 23.7 Å². The second-order valence-corrected chi connectivity index (χ2v) is 11.9. The van der Waals surface area contributed by atoms with E-state index in [9.17, 15) is 4.79 Å². The van der Waals surface area contributed by atoms with Crippen LogP contribution in [0.3, 0.4) is 0 Å². The molecule has 1 saturated carbocycles. The molecule has 8 heteroatoms. The average molecular weight is 600 g/mol. The number of aliphatic imine (C=N–C) groups is 1. The van der Waals surface area contributed by atoms with E-state index >= 15 is 0 Å². The van der Waals surface area contributed by atoms with Gasteiger partial charge in [0.1, 0.15) is 22.3 Å². The van der Waals surface area contributed by atoms with Gasteiger partial charge in [0.25, 0.3) is 0 Å². The van der Waals surface area contributed by atoms with Crippen molar-refractivity contribution in [2.75, 3.05) is 0 Å². The van der Waals surface area contributed by atoms with Gasteiger partial charge in [-0.1, -0.05) is 54.6 Å². The van der Waals surface area contributed by atoms with Crippen molar-refractivity contribution < 1.29 is 9.53 Å². The van der Waals surface area contributed by atoms with Crippen molar-refractivity contribution in [3.63, 3.8) is 0 Å². The first-order chi connectivity index (χ1) is 16.7. The summed E-state index contributed by atoms with van der Waals surface area (Å²) in [5, 5.41) is 9.87. The van der Waals surface area contributed by atoms with Crippen molar-refractivity contribution in [2.24, 2.45) is 10.1 Å². The molecule has 2 heterocycles. The smallest absolute Gasteiger partial charge is 0.408 e. The van der Waals surface area contributed by atoms with Crippen LogP contribution >= 0.6 is 31.9 Å². The zero-order chi connectivity index (χ0) is 24.8. The molecule has 6 nitrogen and oxygen atoms in total. The van der Waals surface area contributed by atoms with E-state index < -0.39 is 5.60 Å². The number of hydrazone groups is 1. The molecule has 0 spiro atoms. The number of hydrogen-bond donors (Lipinski definition) is 1. The Kier molecular flexibility index (Phi) is 6.38. The number of benzene rings is 2. The van der Waals surface area contributed by atoms with Gasteiger partial charge in [0, 0.05) is 0 Å². The predicted molar refractivity (Wildman–Crippen MR) is 146 cm³/mol. The molecule has 0 radical (unpaired) electrons. The monoisotopic (exact) mass is 598 g/mol. The summed E-state index contributed by atoms with van der Waals surface area (Å²) in [5.74, 6) is 0.818. The molecule has 2 aliphatic heterocycles. The van der Waals surface area contributed by atoms with E-state index in [2.05, 4.69) is 73.6 Å². The quantitative estimate of drug-likeness (QED) is 0.408. The fourth-order valence-corrected chi connectivity index (χ4v) is 6.06. The number of alkyl carbamates (subject to hydrolysis) is 1. The third-order valence-electron chi connectivity index (χ3n) is 6.60. The van der Waals surface area contributed by atoms with Crippen molar-refractivity contribution in [1.29, 1.82) is 0 Å². The van der Waals surface area contributed by atoms with Crippen LogP contribution in [-0.2, 0) is 10.3 Å². The molecule has 1 N–H and O–H groups in total. The van der Waals surface area contributed by atoms with Crippen molar-refractivity contribution in [2.45, 2.75) is 63.3 Å². The Morgan fingerprint density at radius 1 is 1.06 bits per heavy atom. The lowest BCUT2D eigenvalue weighted by molar-refractivity contribution is 0.0377. The maximum Gasteiger partial charge on any atom is 0.408 e. The Morgan fingerprint density at radius 2 is 1.74 bits per heavy atom. The molecule has 5 rings (SSSR count). The van der Waals surface area contributed by atoms with Crippen molar-refractivity contribution in [3.05, 3.63) is 81.8 Å². The maximum absolute atomic E-state index is 12.5. The van der Waals surface area contributed by atoms with E-state index in [4.69, 9.17) is 14.8 Å². The first-order valence-corrected chi connectivity index (χ1v) is 13.4. The molecule has 1 aliphatic carbocycles. The number of nitrogens with one attached hydrogen (secondary N) is 1. The maximum atomic E-state index is 12.5. The van der Waals surface area contributed by atoms with Gasteiger partial charge in [0.05, 0.1) is 10.0 Å². The van der Waals surface area contributed by atoms with E-state index in [1.165, 1.54) is 0 Å². The van der Waals surface area contributed by atoms with Gasteiger partial charge in [0.2, 0.25) is 0 Å². The predicted octanol–water partition coefficient (Wildman–Crippen LogP) is 7.09. The molecular formula is C27H28Br2N4O2. The Hall–Kier alpha value is -2.45. The number of fused-ring (bicyclic) bond motifs is 1. The largest absolute Gasteiger partial charge is 0.444 e. The molecule has 35 heavy (non-hydrogen) atoms. The molecule has 1 fully saturated rings. The Morgan fingerprint density at radius 3 is 2.34 bits per heavy atom. The van der Waals surface area contributed by atoms with Crippen LogP contribution in [0.15, 0.2) is 75.2 Å². The highest BCUT2D eigenvalue weighted by atomic mass is 79.9. The van der Waals surface area contributed by atoms with Gasteiger partial charge >= 0.3 is 6.09 Å². The fourth-order valence-electron chi connectivity index (χ4n) is 4.85. The second-order valence-electron chi connectivity index (χ2n) is 10.2. The molecule has 2 atom stereocenters. The van der Waals surface area contributed by atoms with E-state index in [1.807, 2.05) is 50.1 Å². The van der Waals surface area contributed by atoms with E-state index in [1.54, 1.807) is 0 Å². The highest BCUT2D eigenvalue weighted by Crippen LogP contribution is 2.47. The summed E-state index contributed by atoms with van der Waals surface area (Å²) >= 11 is 7.19. The standard InChI is InChI=1S/C27H28Br2N4O2/c1-26(2,3)35-25(34)31-27(14-7-15-27)19-12-10-17(11-13-19)22-23(18-8-5-4-6-9-18)33-24(30-22)20(28)16-21(29)32-33/h4-6,8-13,16,22-23H,7,14-15H2,1-3H3,(H,31,34). The van der Waals surface area contributed by atoms with Crippen LogP contribution in [0.1, 0.15) is 68.8 Å². The van der Waals surface area contributed by atoms with Crippen LogP contribution in [0.4, 0.5) is 4.79 Å². The van der Waals surface area contributed by atoms with Crippen molar-refractivity contribution in [1.82, 2.24) is 10.3 Å². The van der Waals surface area contributed by atoms with Crippen LogP contribution in [0.5, 0.6) is 0 Å². The zero-order valence-corrected chi connectivity index (χ0v) is 23.1. The molecule has 1 amide bonds. The lowest BCUT2D eigenvalue weighted by Gasteiger charge is -2.43.